The third-order valence-corrected chi connectivity index (χ3v) is 5.11. The number of furan rings is 1. The first-order valence-corrected chi connectivity index (χ1v) is 8.31. The molecule has 1 N–H and O–H groups in total. The fourth-order valence-corrected chi connectivity index (χ4v) is 3.41. The molecule has 0 aromatic carbocycles. The maximum absolute atomic E-state index is 12.4. The molecule has 1 fully saturated rings. The zero-order valence-electron chi connectivity index (χ0n) is 11.6. The Labute approximate surface area is 115 Å². The predicted molar refractivity (Wildman–Crippen MR) is 73.2 cm³/mol. The molecule has 6 heteroatoms. The van der Waals surface area contributed by atoms with Gasteiger partial charge in [0.05, 0.1) is 6.54 Å². The van der Waals surface area contributed by atoms with E-state index < -0.39 is 10.0 Å². The monoisotopic (exact) mass is 286 g/mol. The summed E-state index contributed by atoms with van der Waals surface area (Å²) in [5, 5.41) is 3.17. The van der Waals surface area contributed by atoms with Crippen LogP contribution < -0.4 is 5.32 Å². The van der Waals surface area contributed by atoms with E-state index in [0.717, 1.165) is 19.4 Å². The van der Waals surface area contributed by atoms with Gasteiger partial charge in [0.15, 0.2) is 0 Å². The van der Waals surface area contributed by atoms with Crippen LogP contribution in [0.25, 0.3) is 0 Å². The Morgan fingerprint density at radius 2 is 2.11 bits per heavy atom. The molecule has 1 heterocycles. The van der Waals surface area contributed by atoms with Gasteiger partial charge in [0.1, 0.15) is 5.76 Å². The summed E-state index contributed by atoms with van der Waals surface area (Å²) in [5.74, 6) is 1.19. The summed E-state index contributed by atoms with van der Waals surface area (Å²) in [6.45, 7) is 6.34. The lowest BCUT2D eigenvalue weighted by molar-refractivity contribution is 0.363. The van der Waals surface area contributed by atoms with E-state index in [1.807, 2.05) is 13.8 Å². The summed E-state index contributed by atoms with van der Waals surface area (Å²) in [6, 6.07) is 3.28. The molecule has 108 valence electrons. The van der Waals surface area contributed by atoms with E-state index in [1.54, 1.807) is 12.1 Å². The predicted octanol–water partition coefficient (Wildman–Crippen LogP) is 1.81. The lowest BCUT2D eigenvalue weighted by Crippen LogP contribution is -2.32. The zero-order valence-corrected chi connectivity index (χ0v) is 12.4. The van der Waals surface area contributed by atoms with Gasteiger partial charge in [0.2, 0.25) is 5.09 Å². The minimum absolute atomic E-state index is 0.0582. The van der Waals surface area contributed by atoms with Crippen molar-refractivity contribution >= 4 is 10.0 Å². The molecule has 1 aliphatic carbocycles. The second-order valence-electron chi connectivity index (χ2n) is 4.90. The summed E-state index contributed by atoms with van der Waals surface area (Å²) in [6.07, 6.45) is 2.27. The van der Waals surface area contributed by atoms with Gasteiger partial charge in [-0.05, 0) is 37.4 Å². The lowest BCUT2D eigenvalue weighted by Gasteiger charge is -2.18. The summed E-state index contributed by atoms with van der Waals surface area (Å²) in [5.41, 5.74) is 0. The van der Waals surface area contributed by atoms with Crippen LogP contribution in [0, 0.1) is 5.92 Å². The molecule has 1 saturated carbocycles. The van der Waals surface area contributed by atoms with Crippen molar-refractivity contribution < 1.29 is 12.8 Å². The number of rotatable bonds is 8. The molecule has 0 aliphatic heterocycles. The summed E-state index contributed by atoms with van der Waals surface area (Å²) in [4.78, 5) is 0. The number of hydrogen-bond acceptors (Lipinski definition) is 4. The SMILES string of the molecule is CCNCc1ccc(S(=O)(=O)N(CC)CC2CC2)o1. The molecule has 1 aromatic heterocycles. The first-order valence-electron chi connectivity index (χ1n) is 6.87. The van der Waals surface area contributed by atoms with Gasteiger partial charge in [-0.3, -0.25) is 0 Å². The van der Waals surface area contributed by atoms with Crippen molar-refractivity contribution in [2.45, 2.75) is 38.3 Å². The summed E-state index contributed by atoms with van der Waals surface area (Å²) >= 11 is 0. The van der Waals surface area contributed by atoms with Crippen LogP contribution in [0.2, 0.25) is 0 Å². The van der Waals surface area contributed by atoms with Crippen LogP contribution in [0.1, 0.15) is 32.4 Å². The molecule has 0 saturated heterocycles. The Morgan fingerprint density at radius 1 is 1.37 bits per heavy atom. The van der Waals surface area contributed by atoms with Crippen molar-refractivity contribution in [3.63, 3.8) is 0 Å². The van der Waals surface area contributed by atoms with Crippen molar-refractivity contribution in [3.8, 4) is 0 Å². The van der Waals surface area contributed by atoms with Crippen LogP contribution in [0.3, 0.4) is 0 Å². The standard InChI is InChI=1S/C13H22N2O3S/c1-3-14-9-12-7-8-13(18-12)19(16,17)15(4-2)10-11-5-6-11/h7-8,11,14H,3-6,9-10H2,1-2H3. The Morgan fingerprint density at radius 3 is 2.68 bits per heavy atom. The van der Waals surface area contributed by atoms with E-state index in [0.29, 0.717) is 31.3 Å². The van der Waals surface area contributed by atoms with Gasteiger partial charge in [-0.2, -0.15) is 4.31 Å². The van der Waals surface area contributed by atoms with Crippen LogP contribution in [0.4, 0.5) is 0 Å². The van der Waals surface area contributed by atoms with Gasteiger partial charge in [0.25, 0.3) is 10.0 Å². The Bertz CT molecular complexity index is 506. The van der Waals surface area contributed by atoms with E-state index in [-0.39, 0.29) is 5.09 Å². The smallest absolute Gasteiger partial charge is 0.276 e. The number of hydrogen-bond donors (Lipinski definition) is 1. The summed E-state index contributed by atoms with van der Waals surface area (Å²) in [7, 11) is -3.47. The molecule has 19 heavy (non-hydrogen) atoms. The topological polar surface area (TPSA) is 62.6 Å². The van der Waals surface area contributed by atoms with E-state index in [1.165, 1.54) is 4.31 Å². The zero-order chi connectivity index (χ0) is 13.9. The molecule has 2 rings (SSSR count). The molecule has 0 amide bonds. The Balaban J connectivity index is 2.10. The fourth-order valence-electron chi connectivity index (χ4n) is 1.95. The highest BCUT2D eigenvalue weighted by Gasteiger charge is 2.32. The highest BCUT2D eigenvalue weighted by molar-refractivity contribution is 7.89. The molecule has 0 bridgehead atoms. The summed E-state index contributed by atoms with van der Waals surface area (Å²) < 4.78 is 31.8. The molecule has 5 nitrogen and oxygen atoms in total. The van der Waals surface area contributed by atoms with Crippen LogP contribution >= 0.6 is 0 Å². The van der Waals surface area contributed by atoms with Crippen molar-refractivity contribution in [3.05, 3.63) is 17.9 Å². The number of sulfonamides is 1. The first kappa shape index (κ1) is 14.6. The van der Waals surface area contributed by atoms with Gasteiger partial charge >= 0.3 is 0 Å². The van der Waals surface area contributed by atoms with Gasteiger partial charge in [-0.1, -0.05) is 13.8 Å². The van der Waals surface area contributed by atoms with Crippen molar-refractivity contribution in [1.29, 1.82) is 0 Å². The average Bonchev–Trinajstić information content (AvgIpc) is 3.08. The van der Waals surface area contributed by atoms with Crippen LogP contribution in [-0.4, -0.2) is 32.4 Å². The highest BCUT2D eigenvalue weighted by Crippen LogP contribution is 2.31. The lowest BCUT2D eigenvalue weighted by atomic mass is 10.4. The molecule has 0 atom stereocenters. The largest absolute Gasteiger partial charge is 0.447 e. The molecule has 0 radical (unpaired) electrons. The van der Waals surface area contributed by atoms with Crippen molar-refractivity contribution in [1.82, 2.24) is 9.62 Å². The van der Waals surface area contributed by atoms with Crippen LogP contribution in [0.15, 0.2) is 21.6 Å². The van der Waals surface area contributed by atoms with E-state index in [2.05, 4.69) is 5.32 Å². The van der Waals surface area contributed by atoms with E-state index >= 15 is 0 Å². The van der Waals surface area contributed by atoms with Gasteiger partial charge in [-0.25, -0.2) is 8.42 Å². The number of nitrogens with zero attached hydrogens (tertiary/aromatic N) is 1. The van der Waals surface area contributed by atoms with Crippen LogP contribution in [-0.2, 0) is 16.6 Å². The third kappa shape index (κ3) is 3.58. The normalized spacial score (nSPS) is 16.2. The molecular formula is C13H22N2O3S. The Hall–Kier alpha value is -0.850. The van der Waals surface area contributed by atoms with Gasteiger partial charge in [0, 0.05) is 13.1 Å². The molecule has 1 aliphatic rings. The molecule has 1 aromatic rings. The van der Waals surface area contributed by atoms with Gasteiger partial charge < -0.3 is 9.73 Å². The second-order valence-corrected chi connectivity index (χ2v) is 6.77. The maximum Gasteiger partial charge on any atom is 0.276 e. The molecule has 0 unspecified atom stereocenters. The van der Waals surface area contributed by atoms with Crippen molar-refractivity contribution in [2.24, 2.45) is 5.92 Å². The second kappa shape index (κ2) is 6.07. The number of nitrogens with one attached hydrogen (secondary N) is 1. The maximum atomic E-state index is 12.4. The quantitative estimate of drug-likeness (QED) is 0.791. The molecular weight excluding hydrogens is 264 g/mol. The van der Waals surface area contributed by atoms with E-state index in [9.17, 15) is 8.42 Å². The average molecular weight is 286 g/mol. The van der Waals surface area contributed by atoms with Gasteiger partial charge in [-0.15, -0.1) is 0 Å². The van der Waals surface area contributed by atoms with Crippen LogP contribution in [0.5, 0.6) is 0 Å². The first-order chi connectivity index (χ1) is 9.07. The fraction of sp³-hybridized carbons (Fsp3) is 0.692. The van der Waals surface area contributed by atoms with Crippen molar-refractivity contribution in [2.75, 3.05) is 19.6 Å². The highest BCUT2D eigenvalue weighted by atomic mass is 32.2. The minimum atomic E-state index is -3.47. The molecule has 0 spiro atoms. The van der Waals surface area contributed by atoms with E-state index in [4.69, 9.17) is 4.42 Å². The Kier molecular flexibility index (Phi) is 4.65. The third-order valence-electron chi connectivity index (χ3n) is 3.29. The minimum Gasteiger partial charge on any atom is -0.447 e.